The van der Waals surface area contributed by atoms with Crippen molar-refractivity contribution in [3.63, 3.8) is 0 Å². The molecule has 0 aromatic carbocycles. The molecule has 0 radical (unpaired) electrons. The highest BCUT2D eigenvalue weighted by atomic mass is 16.5. The SMILES string of the molecule is CC(C)CC1=NC=CC1.CC(C)CCC1=CC=NC1.CC(C)CCC1=CNC(=O)C1.CC(C)OC(C)C.CC(C)c1ncco1.CCCC(C)C.CCOC(C)C. The highest BCUT2D eigenvalue weighted by Crippen LogP contribution is 2.17. The molecule has 0 bridgehead atoms. The van der Waals surface area contributed by atoms with Crippen molar-refractivity contribution >= 4 is 17.8 Å². The third kappa shape index (κ3) is 45.7. The Morgan fingerprint density at radius 2 is 1.33 bits per heavy atom. The molecule has 3 aliphatic rings. The van der Waals surface area contributed by atoms with Crippen LogP contribution in [0.2, 0.25) is 0 Å². The van der Waals surface area contributed by atoms with E-state index in [0.29, 0.717) is 30.7 Å². The molecule has 1 aromatic rings. The van der Waals surface area contributed by atoms with Crippen LogP contribution < -0.4 is 5.32 Å². The lowest BCUT2D eigenvalue weighted by molar-refractivity contribution is -0.118. The van der Waals surface area contributed by atoms with Crippen molar-refractivity contribution in [2.45, 2.75) is 207 Å². The Labute approximate surface area is 353 Å². The average Bonchev–Trinajstić information content (AvgIpc) is 3.93. The molecule has 1 N–H and O–H groups in total. The average molecular weight is 801 g/mol. The van der Waals surface area contributed by atoms with E-state index < -0.39 is 0 Å². The predicted octanol–water partition coefficient (Wildman–Crippen LogP) is 14.1. The summed E-state index contributed by atoms with van der Waals surface area (Å²) in [6.07, 6.45) is 24.7. The van der Waals surface area contributed by atoms with Gasteiger partial charge in [-0.05, 0) is 121 Å². The summed E-state index contributed by atoms with van der Waals surface area (Å²) in [7, 11) is 0. The predicted molar refractivity (Wildman–Crippen MR) is 250 cm³/mol. The van der Waals surface area contributed by atoms with Gasteiger partial charge in [-0.1, -0.05) is 95.1 Å². The van der Waals surface area contributed by atoms with Crippen LogP contribution in [0.5, 0.6) is 0 Å². The first kappa shape index (κ1) is 58.5. The van der Waals surface area contributed by atoms with Gasteiger partial charge in [0.05, 0.1) is 31.1 Å². The Hall–Kier alpha value is -2.84. The quantitative estimate of drug-likeness (QED) is 0.190. The van der Waals surface area contributed by atoms with Crippen molar-refractivity contribution in [3.05, 3.63) is 54.0 Å². The number of carbonyl (C=O) groups excluding carboxylic acids is 1. The smallest absolute Gasteiger partial charge is 0.228 e. The topological polar surface area (TPSA) is 98.3 Å². The Morgan fingerprint density at radius 3 is 1.60 bits per heavy atom. The summed E-state index contributed by atoms with van der Waals surface area (Å²) >= 11 is 0. The highest BCUT2D eigenvalue weighted by molar-refractivity contribution is 5.88. The number of hydrogen-bond donors (Lipinski definition) is 1. The molecule has 4 heterocycles. The van der Waals surface area contributed by atoms with Gasteiger partial charge in [-0.3, -0.25) is 14.8 Å². The fraction of sp³-hybridized carbons (Fsp3) is 0.755. The lowest BCUT2D eigenvalue weighted by Crippen LogP contribution is -2.09. The number of aliphatic imine (C=N–C) groups is 2. The molecule has 1 aromatic heterocycles. The van der Waals surface area contributed by atoms with Crippen molar-refractivity contribution in [1.82, 2.24) is 10.3 Å². The van der Waals surface area contributed by atoms with Gasteiger partial charge in [0.2, 0.25) is 5.91 Å². The van der Waals surface area contributed by atoms with Gasteiger partial charge in [0, 0.05) is 49.7 Å². The first-order chi connectivity index (χ1) is 26.7. The third-order valence-electron chi connectivity index (χ3n) is 7.84. The Kier molecular flexibility index (Phi) is 39.7. The van der Waals surface area contributed by atoms with Crippen LogP contribution in [0.25, 0.3) is 0 Å². The highest BCUT2D eigenvalue weighted by Gasteiger charge is 2.11. The Bertz CT molecular complexity index is 1190. The molecular formula is C49H92N4O4. The number of nitrogens with zero attached hydrogens (tertiary/aromatic N) is 3. The van der Waals surface area contributed by atoms with Gasteiger partial charge in [-0.15, -0.1) is 0 Å². The number of ether oxygens (including phenoxy) is 2. The molecule has 0 fully saturated rings. The van der Waals surface area contributed by atoms with Crippen LogP contribution in [0.3, 0.4) is 0 Å². The number of amides is 1. The molecule has 0 aliphatic carbocycles. The number of nitrogens with one attached hydrogen (secondary N) is 1. The molecule has 332 valence electrons. The maximum absolute atomic E-state index is 10.7. The summed E-state index contributed by atoms with van der Waals surface area (Å²) in [6.45, 7) is 40.2. The summed E-state index contributed by atoms with van der Waals surface area (Å²) in [6, 6.07) is 0. The molecule has 0 atom stereocenters. The molecule has 0 saturated carbocycles. The lowest BCUT2D eigenvalue weighted by atomic mass is 10.0. The van der Waals surface area contributed by atoms with Gasteiger partial charge >= 0.3 is 0 Å². The van der Waals surface area contributed by atoms with Crippen LogP contribution in [0, 0.1) is 23.7 Å². The van der Waals surface area contributed by atoms with Crippen LogP contribution in [0.15, 0.2) is 62.6 Å². The van der Waals surface area contributed by atoms with E-state index in [1.54, 1.807) is 12.5 Å². The van der Waals surface area contributed by atoms with E-state index in [-0.39, 0.29) is 5.91 Å². The molecule has 0 saturated heterocycles. The largest absolute Gasteiger partial charge is 0.449 e. The summed E-state index contributed by atoms with van der Waals surface area (Å²) in [4.78, 5) is 23.0. The van der Waals surface area contributed by atoms with E-state index in [0.717, 1.165) is 62.0 Å². The van der Waals surface area contributed by atoms with Gasteiger partial charge < -0.3 is 19.2 Å². The number of allylic oxidation sites excluding steroid dienone is 2. The maximum Gasteiger partial charge on any atom is 0.228 e. The number of rotatable bonds is 15. The Balaban J connectivity index is -0.000000604. The number of oxazole rings is 1. The Morgan fingerprint density at radius 1 is 0.754 bits per heavy atom. The van der Waals surface area contributed by atoms with E-state index in [2.05, 4.69) is 94.8 Å². The van der Waals surface area contributed by atoms with Crippen LogP contribution in [0.4, 0.5) is 0 Å². The molecule has 0 spiro atoms. The number of aromatic nitrogens is 1. The summed E-state index contributed by atoms with van der Waals surface area (Å²) in [5.74, 6) is 4.56. The monoisotopic (exact) mass is 801 g/mol. The van der Waals surface area contributed by atoms with E-state index in [4.69, 9.17) is 13.9 Å². The molecule has 8 heteroatoms. The van der Waals surface area contributed by atoms with E-state index in [1.165, 1.54) is 49.0 Å². The fourth-order valence-electron chi connectivity index (χ4n) is 5.12. The lowest BCUT2D eigenvalue weighted by Gasteiger charge is -2.09. The van der Waals surface area contributed by atoms with Crippen molar-refractivity contribution in [3.8, 4) is 0 Å². The van der Waals surface area contributed by atoms with Crippen molar-refractivity contribution in [2.24, 2.45) is 33.7 Å². The fourth-order valence-corrected chi connectivity index (χ4v) is 5.12. The zero-order valence-corrected chi connectivity index (χ0v) is 40.4. The van der Waals surface area contributed by atoms with Crippen molar-refractivity contribution < 1.29 is 18.7 Å². The zero-order valence-electron chi connectivity index (χ0n) is 40.4. The minimum absolute atomic E-state index is 0.142. The molecule has 57 heavy (non-hydrogen) atoms. The number of hydrogen-bond acceptors (Lipinski definition) is 7. The van der Waals surface area contributed by atoms with Gasteiger partial charge in [-0.2, -0.15) is 0 Å². The normalized spacial score (nSPS) is 13.8. The van der Waals surface area contributed by atoms with Gasteiger partial charge in [-0.25, -0.2) is 4.98 Å². The molecule has 4 rings (SSSR count). The van der Waals surface area contributed by atoms with E-state index >= 15 is 0 Å². The third-order valence-corrected chi connectivity index (χ3v) is 7.84. The maximum atomic E-state index is 10.7. The van der Waals surface area contributed by atoms with Crippen molar-refractivity contribution in [2.75, 3.05) is 13.2 Å². The van der Waals surface area contributed by atoms with E-state index in [1.807, 2.05) is 80.9 Å². The first-order valence-corrected chi connectivity index (χ1v) is 22.3. The summed E-state index contributed by atoms with van der Waals surface area (Å²) in [5.41, 5.74) is 4.09. The second kappa shape index (κ2) is 38.7. The second-order valence-corrected chi connectivity index (χ2v) is 17.6. The molecule has 3 aliphatic heterocycles. The molecule has 8 nitrogen and oxygen atoms in total. The molecule has 0 unspecified atom stereocenters. The van der Waals surface area contributed by atoms with Crippen LogP contribution >= 0.6 is 0 Å². The van der Waals surface area contributed by atoms with Gasteiger partial charge in [0.25, 0.3) is 0 Å². The van der Waals surface area contributed by atoms with Crippen LogP contribution in [-0.2, 0) is 14.3 Å². The summed E-state index contributed by atoms with van der Waals surface area (Å²) in [5, 5.41) is 2.69. The van der Waals surface area contributed by atoms with Gasteiger partial charge in [0.1, 0.15) is 6.26 Å². The van der Waals surface area contributed by atoms with Crippen molar-refractivity contribution in [1.29, 1.82) is 0 Å². The standard InChI is InChI=1S/C9H15NO.C9H15N.C8H13N.C6H9NO.C6H14O.C6H14.C5H12O/c1-7(2)3-4-8-5-9(11)10-6-8;1-8(2)3-4-9-5-6-10-7-9;1-7(2)6-8-4-3-5-9-8;1-5(2)6-7-3-4-8-6;1-5(2)7-6(3)4;1-4-5-6(2)3;1-4-6-5(2)3/h6-7H,3-5H2,1-2H3,(H,10,11);5-6,8H,3-4,7H2,1-2H3;3,5,7H,4,6H2,1-2H3;3-5H,1-2H3;5-6H,1-4H3;6H,4-5H2,1-3H3;5H,4H2,1-3H3. The molecular weight excluding hydrogens is 709 g/mol. The first-order valence-electron chi connectivity index (χ1n) is 22.3. The molecule has 1 amide bonds. The summed E-state index contributed by atoms with van der Waals surface area (Å²) < 4.78 is 15.3. The van der Waals surface area contributed by atoms with E-state index in [9.17, 15) is 4.79 Å². The zero-order chi connectivity index (χ0) is 44.2. The van der Waals surface area contributed by atoms with Crippen LogP contribution in [-0.4, -0.2) is 54.3 Å². The van der Waals surface area contributed by atoms with Crippen LogP contribution in [0.1, 0.15) is 194 Å². The minimum Gasteiger partial charge on any atom is -0.449 e. The number of carbonyl (C=O) groups is 1. The minimum atomic E-state index is 0.142. The second-order valence-electron chi connectivity index (χ2n) is 17.6. The van der Waals surface area contributed by atoms with Gasteiger partial charge in [0.15, 0.2) is 5.89 Å².